The average Bonchev–Trinajstić information content (AvgIpc) is 2.19. The summed E-state index contributed by atoms with van der Waals surface area (Å²) in [5.41, 5.74) is -0.0553. The number of carbonyl (C=O) groups excluding carboxylic acids is 1. The lowest BCUT2D eigenvalue weighted by Crippen LogP contribution is -2.47. The molecule has 0 unspecified atom stereocenters. The van der Waals surface area contributed by atoms with Gasteiger partial charge in [0.05, 0.1) is 11.4 Å². The lowest BCUT2D eigenvalue weighted by molar-refractivity contribution is -0.267. The van der Waals surface area contributed by atoms with Crippen molar-refractivity contribution in [3.05, 3.63) is 24.0 Å². The van der Waals surface area contributed by atoms with Crippen LogP contribution in [0.2, 0.25) is 0 Å². The quantitative estimate of drug-likeness (QED) is 0.824. The van der Waals surface area contributed by atoms with Crippen LogP contribution in [-0.4, -0.2) is 23.0 Å². The Morgan fingerprint density at radius 2 is 1.88 bits per heavy atom. The summed E-state index contributed by atoms with van der Waals surface area (Å²) in [6.45, 7) is 1.36. The number of alkyl halides is 5. The van der Waals surface area contributed by atoms with Crippen molar-refractivity contribution in [2.24, 2.45) is 0 Å². The zero-order valence-electron chi connectivity index (χ0n) is 8.48. The summed E-state index contributed by atoms with van der Waals surface area (Å²) in [5, 5.41) is 1.49. The highest BCUT2D eigenvalue weighted by Gasteiger charge is 2.63. The molecule has 0 aromatic carbocycles. The van der Waals surface area contributed by atoms with Crippen LogP contribution in [0.3, 0.4) is 0 Å². The lowest BCUT2D eigenvalue weighted by atomic mass is 10.2. The number of aromatic nitrogens is 1. The molecule has 0 saturated heterocycles. The molecule has 0 aliphatic carbocycles. The highest BCUT2D eigenvalue weighted by atomic mass is 19.4. The number of hydrogen-bond acceptors (Lipinski definition) is 2. The fraction of sp³-hybridized carbons (Fsp3) is 0.333. The van der Waals surface area contributed by atoms with Crippen molar-refractivity contribution in [3.8, 4) is 0 Å². The van der Waals surface area contributed by atoms with Gasteiger partial charge in [0, 0.05) is 6.20 Å². The van der Waals surface area contributed by atoms with E-state index in [2.05, 4.69) is 4.98 Å². The number of nitrogens with zero attached hydrogens (tertiary/aromatic N) is 1. The molecule has 0 radical (unpaired) electrons. The molecular weight excluding hydrogens is 247 g/mol. The van der Waals surface area contributed by atoms with Gasteiger partial charge in [0.15, 0.2) is 0 Å². The van der Waals surface area contributed by atoms with E-state index in [9.17, 15) is 26.7 Å². The lowest BCUT2D eigenvalue weighted by Gasteiger charge is -2.18. The van der Waals surface area contributed by atoms with Crippen molar-refractivity contribution in [2.75, 3.05) is 5.32 Å². The van der Waals surface area contributed by atoms with Gasteiger partial charge in [0.25, 0.3) is 0 Å². The minimum atomic E-state index is -5.92. The van der Waals surface area contributed by atoms with Crippen LogP contribution in [0.4, 0.5) is 27.6 Å². The zero-order chi connectivity index (χ0) is 13.3. The molecule has 17 heavy (non-hydrogen) atoms. The highest BCUT2D eigenvalue weighted by Crippen LogP contribution is 2.36. The van der Waals surface area contributed by atoms with Crippen LogP contribution in [0.1, 0.15) is 5.69 Å². The van der Waals surface area contributed by atoms with E-state index in [1.54, 1.807) is 0 Å². The predicted molar refractivity (Wildman–Crippen MR) is 48.6 cm³/mol. The summed E-state index contributed by atoms with van der Waals surface area (Å²) in [6.07, 6.45) is -4.61. The normalized spacial score (nSPS) is 12.4. The van der Waals surface area contributed by atoms with Crippen molar-refractivity contribution >= 4 is 11.6 Å². The summed E-state index contributed by atoms with van der Waals surface area (Å²) in [6, 6.07) is 2.47. The van der Waals surface area contributed by atoms with Crippen LogP contribution in [0.25, 0.3) is 0 Å². The first kappa shape index (κ1) is 13.3. The first-order valence-electron chi connectivity index (χ1n) is 4.34. The molecule has 1 rings (SSSR count). The van der Waals surface area contributed by atoms with E-state index >= 15 is 0 Å². The number of amides is 1. The predicted octanol–water partition coefficient (Wildman–Crippen LogP) is 2.53. The molecule has 0 fully saturated rings. The number of halogens is 5. The van der Waals surface area contributed by atoms with E-state index in [1.165, 1.54) is 30.6 Å². The highest BCUT2D eigenvalue weighted by molar-refractivity contribution is 5.97. The maximum Gasteiger partial charge on any atom is 0.463 e. The molecular formula is C9H7F5N2O. The fourth-order valence-corrected chi connectivity index (χ4v) is 0.946. The van der Waals surface area contributed by atoms with Gasteiger partial charge in [-0.2, -0.15) is 22.0 Å². The van der Waals surface area contributed by atoms with Gasteiger partial charge in [0.2, 0.25) is 0 Å². The zero-order valence-corrected chi connectivity index (χ0v) is 8.48. The number of anilines is 1. The third kappa shape index (κ3) is 2.69. The van der Waals surface area contributed by atoms with Crippen LogP contribution < -0.4 is 5.32 Å². The molecule has 94 valence electrons. The van der Waals surface area contributed by atoms with Gasteiger partial charge in [-0.25, -0.2) is 0 Å². The first-order chi connectivity index (χ1) is 7.66. The minimum absolute atomic E-state index is 0.138. The number of pyridine rings is 1. The Morgan fingerprint density at radius 1 is 1.29 bits per heavy atom. The van der Waals surface area contributed by atoms with E-state index in [1.807, 2.05) is 0 Å². The molecule has 0 bridgehead atoms. The van der Waals surface area contributed by atoms with Crippen LogP contribution in [0.5, 0.6) is 0 Å². The van der Waals surface area contributed by atoms with Gasteiger partial charge in [0.1, 0.15) is 0 Å². The van der Waals surface area contributed by atoms with E-state index in [0.29, 0.717) is 0 Å². The standard InChI is InChI=1S/C9H7F5N2O/c1-5-6(3-2-4-15-5)16-7(17)8(10,11)9(12,13)14/h2-4H,1H3,(H,16,17). The van der Waals surface area contributed by atoms with Gasteiger partial charge < -0.3 is 5.32 Å². The van der Waals surface area contributed by atoms with E-state index < -0.39 is 18.0 Å². The third-order valence-electron chi connectivity index (χ3n) is 1.90. The summed E-state index contributed by atoms with van der Waals surface area (Å²) in [5.74, 6) is -7.86. The topological polar surface area (TPSA) is 42.0 Å². The summed E-state index contributed by atoms with van der Waals surface area (Å²) < 4.78 is 60.8. The number of carbonyl (C=O) groups is 1. The molecule has 8 heteroatoms. The molecule has 0 aliphatic heterocycles. The van der Waals surface area contributed by atoms with Crippen LogP contribution >= 0.6 is 0 Å². The van der Waals surface area contributed by atoms with Gasteiger partial charge in [-0.3, -0.25) is 9.78 Å². The third-order valence-corrected chi connectivity index (χ3v) is 1.90. The molecule has 0 aliphatic rings. The molecule has 0 saturated carbocycles. The summed E-state index contributed by atoms with van der Waals surface area (Å²) in [4.78, 5) is 14.5. The largest absolute Gasteiger partial charge is 0.463 e. The van der Waals surface area contributed by atoms with Crippen LogP contribution in [0.15, 0.2) is 18.3 Å². The summed E-state index contributed by atoms with van der Waals surface area (Å²) in [7, 11) is 0. The van der Waals surface area contributed by atoms with E-state index in [4.69, 9.17) is 0 Å². The number of rotatable bonds is 2. The second-order valence-electron chi connectivity index (χ2n) is 3.16. The molecule has 0 atom stereocenters. The van der Waals surface area contributed by atoms with Crippen molar-refractivity contribution < 1.29 is 26.7 Å². The monoisotopic (exact) mass is 254 g/mol. The van der Waals surface area contributed by atoms with Crippen LogP contribution in [-0.2, 0) is 4.79 Å². The maximum absolute atomic E-state index is 12.6. The van der Waals surface area contributed by atoms with Gasteiger partial charge in [-0.15, -0.1) is 0 Å². The number of nitrogens with one attached hydrogen (secondary N) is 1. The molecule has 1 aromatic heterocycles. The van der Waals surface area contributed by atoms with Gasteiger partial charge in [-0.1, -0.05) is 0 Å². The van der Waals surface area contributed by atoms with Crippen molar-refractivity contribution in [1.82, 2.24) is 4.98 Å². The summed E-state index contributed by atoms with van der Waals surface area (Å²) >= 11 is 0. The molecule has 1 aromatic rings. The molecule has 0 spiro atoms. The number of hydrogen-bond donors (Lipinski definition) is 1. The fourth-order valence-electron chi connectivity index (χ4n) is 0.946. The van der Waals surface area contributed by atoms with E-state index in [0.717, 1.165) is 0 Å². The average molecular weight is 254 g/mol. The molecule has 1 amide bonds. The van der Waals surface area contributed by atoms with Gasteiger partial charge in [-0.05, 0) is 19.1 Å². The Labute approximate surface area is 92.6 Å². The first-order valence-corrected chi connectivity index (χ1v) is 4.34. The Balaban J connectivity index is 2.91. The van der Waals surface area contributed by atoms with Crippen molar-refractivity contribution in [2.45, 2.75) is 19.0 Å². The van der Waals surface area contributed by atoms with Crippen molar-refractivity contribution in [1.29, 1.82) is 0 Å². The smallest absolute Gasteiger partial charge is 0.319 e. The molecule has 1 N–H and O–H groups in total. The Morgan fingerprint density at radius 3 is 2.35 bits per heavy atom. The molecule has 3 nitrogen and oxygen atoms in total. The Kier molecular flexibility index (Phi) is 3.35. The van der Waals surface area contributed by atoms with Crippen molar-refractivity contribution in [3.63, 3.8) is 0 Å². The number of aryl methyl sites for hydroxylation is 1. The SMILES string of the molecule is Cc1ncccc1NC(=O)C(F)(F)C(F)(F)F. The Hall–Kier alpha value is -1.73. The molecule has 1 heterocycles. The van der Waals surface area contributed by atoms with Gasteiger partial charge >= 0.3 is 18.0 Å². The van der Waals surface area contributed by atoms with Crippen LogP contribution in [0, 0.1) is 6.92 Å². The maximum atomic E-state index is 12.6. The Bertz CT molecular complexity index is 430. The van der Waals surface area contributed by atoms with E-state index in [-0.39, 0.29) is 11.4 Å². The minimum Gasteiger partial charge on any atom is -0.319 e. The second-order valence-corrected chi connectivity index (χ2v) is 3.16. The second kappa shape index (κ2) is 4.27.